The minimum absolute atomic E-state index is 0.0257. The maximum atomic E-state index is 11.9. The largest absolute Gasteiger partial charge is 0.504 e. The first-order valence-corrected chi connectivity index (χ1v) is 5.63. The molecule has 98 valence electrons. The molecule has 0 saturated carbocycles. The van der Waals surface area contributed by atoms with Gasteiger partial charge in [0.15, 0.2) is 11.5 Å². The Bertz CT molecular complexity index is 450. The Morgan fingerprint density at radius 3 is 2.89 bits per heavy atom. The Morgan fingerprint density at radius 1 is 1.56 bits per heavy atom. The molecule has 6 heteroatoms. The molecule has 1 fully saturated rings. The Labute approximate surface area is 105 Å². The normalized spacial score (nSPS) is 22.8. The number of nitrogens with two attached hydrogens (primary N) is 1. The van der Waals surface area contributed by atoms with Gasteiger partial charge in [-0.25, -0.2) is 0 Å². The van der Waals surface area contributed by atoms with Crippen LogP contribution in [-0.4, -0.2) is 37.4 Å². The quantitative estimate of drug-likeness (QED) is 0.720. The first kappa shape index (κ1) is 12.7. The molecule has 1 heterocycles. The van der Waals surface area contributed by atoms with Gasteiger partial charge in [0.25, 0.3) is 0 Å². The van der Waals surface area contributed by atoms with E-state index in [1.165, 1.54) is 13.2 Å². The van der Waals surface area contributed by atoms with Crippen molar-refractivity contribution in [1.82, 2.24) is 0 Å². The lowest BCUT2D eigenvalue weighted by molar-refractivity contribution is -0.120. The average Bonchev–Trinajstić information content (AvgIpc) is 2.76. The van der Waals surface area contributed by atoms with E-state index in [-0.39, 0.29) is 23.6 Å². The second-order valence-corrected chi connectivity index (χ2v) is 4.18. The number of benzene rings is 1. The Hall–Kier alpha value is -1.79. The number of carbonyl (C=O) groups excluding carboxylic acids is 1. The zero-order valence-electron chi connectivity index (χ0n) is 10.1. The second-order valence-electron chi connectivity index (χ2n) is 4.18. The van der Waals surface area contributed by atoms with Crippen molar-refractivity contribution in [2.24, 2.45) is 11.7 Å². The van der Waals surface area contributed by atoms with Gasteiger partial charge in [0.2, 0.25) is 5.91 Å². The molecule has 1 aliphatic heterocycles. The maximum absolute atomic E-state index is 11.9. The number of phenols is 1. The number of hydrogen-bond donors (Lipinski definition) is 3. The summed E-state index contributed by atoms with van der Waals surface area (Å²) in [7, 11) is 1.46. The summed E-state index contributed by atoms with van der Waals surface area (Å²) in [4.78, 5) is 11.9. The van der Waals surface area contributed by atoms with Gasteiger partial charge in [-0.1, -0.05) is 0 Å². The Morgan fingerprint density at radius 2 is 2.33 bits per heavy atom. The van der Waals surface area contributed by atoms with E-state index in [2.05, 4.69) is 5.32 Å². The van der Waals surface area contributed by atoms with Crippen LogP contribution in [0.15, 0.2) is 18.2 Å². The highest BCUT2D eigenvalue weighted by atomic mass is 16.5. The summed E-state index contributed by atoms with van der Waals surface area (Å²) in [6.45, 7) is 0.723. The lowest BCUT2D eigenvalue weighted by Crippen LogP contribution is -2.37. The van der Waals surface area contributed by atoms with Crippen molar-refractivity contribution in [3.63, 3.8) is 0 Å². The van der Waals surface area contributed by atoms with Gasteiger partial charge < -0.3 is 25.6 Å². The number of methoxy groups -OCH3 is 1. The van der Waals surface area contributed by atoms with Crippen LogP contribution in [0.2, 0.25) is 0 Å². The van der Waals surface area contributed by atoms with Gasteiger partial charge in [0.1, 0.15) is 0 Å². The molecule has 2 rings (SSSR count). The Kier molecular flexibility index (Phi) is 3.69. The summed E-state index contributed by atoms with van der Waals surface area (Å²) in [5.74, 6) is -0.227. The second kappa shape index (κ2) is 5.24. The first-order valence-electron chi connectivity index (χ1n) is 5.63. The predicted molar refractivity (Wildman–Crippen MR) is 65.6 cm³/mol. The molecule has 1 aromatic carbocycles. The number of aromatic hydroxyl groups is 1. The van der Waals surface area contributed by atoms with Gasteiger partial charge in [0.05, 0.1) is 26.2 Å². The highest BCUT2D eigenvalue weighted by Crippen LogP contribution is 2.28. The topological polar surface area (TPSA) is 93.8 Å². The molecule has 0 spiro atoms. The lowest BCUT2D eigenvalue weighted by Gasteiger charge is -2.14. The number of rotatable bonds is 3. The highest BCUT2D eigenvalue weighted by Gasteiger charge is 2.31. The summed E-state index contributed by atoms with van der Waals surface area (Å²) in [5, 5.41) is 12.3. The summed E-state index contributed by atoms with van der Waals surface area (Å²) in [6, 6.07) is 4.38. The zero-order chi connectivity index (χ0) is 13.1. The van der Waals surface area contributed by atoms with E-state index in [0.717, 1.165) is 0 Å². The number of phenolic OH excluding ortho intramolecular Hbond substituents is 1. The first-order chi connectivity index (χ1) is 8.61. The van der Waals surface area contributed by atoms with E-state index >= 15 is 0 Å². The molecular weight excluding hydrogens is 236 g/mol. The third-order valence-electron chi connectivity index (χ3n) is 2.91. The zero-order valence-corrected chi connectivity index (χ0v) is 10.1. The average molecular weight is 252 g/mol. The molecule has 4 N–H and O–H groups in total. The van der Waals surface area contributed by atoms with Gasteiger partial charge in [0, 0.05) is 17.8 Å². The standard InChI is InChI=1S/C12H16N2O4/c1-17-11-3-2-7(4-10(11)15)14-12(16)8-5-18-6-9(8)13/h2-4,8-9,15H,5-6,13H2,1H3,(H,14,16). The van der Waals surface area contributed by atoms with Crippen LogP contribution in [0.3, 0.4) is 0 Å². The monoisotopic (exact) mass is 252 g/mol. The number of amides is 1. The van der Waals surface area contributed by atoms with Crippen molar-refractivity contribution in [3.05, 3.63) is 18.2 Å². The molecule has 0 aromatic heterocycles. The van der Waals surface area contributed by atoms with E-state index in [1.54, 1.807) is 12.1 Å². The maximum Gasteiger partial charge on any atom is 0.231 e. The number of nitrogens with one attached hydrogen (secondary N) is 1. The van der Waals surface area contributed by atoms with Crippen molar-refractivity contribution in [1.29, 1.82) is 0 Å². The molecule has 1 aromatic rings. The lowest BCUT2D eigenvalue weighted by atomic mass is 10.0. The third kappa shape index (κ3) is 2.55. The summed E-state index contributed by atoms with van der Waals surface area (Å²) in [5.41, 5.74) is 6.25. The predicted octanol–water partition coefficient (Wildman–Crippen LogP) is 0.313. The number of ether oxygens (including phenoxy) is 2. The fourth-order valence-electron chi connectivity index (χ4n) is 1.84. The van der Waals surface area contributed by atoms with Crippen LogP contribution in [0, 0.1) is 5.92 Å². The molecule has 1 saturated heterocycles. The fraction of sp³-hybridized carbons (Fsp3) is 0.417. The van der Waals surface area contributed by atoms with Gasteiger partial charge in [-0.05, 0) is 12.1 Å². The van der Waals surface area contributed by atoms with Gasteiger partial charge >= 0.3 is 0 Å². The van der Waals surface area contributed by atoms with E-state index in [1.807, 2.05) is 0 Å². The van der Waals surface area contributed by atoms with E-state index in [4.69, 9.17) is 15.2 Å². The van der Waals surface area contributed by atoms with Crippen LogP contribution < -0.4 is 15.8 Å². The number of carbonyl (C=O) groups is 1. The molecule has 2 unspecified atom stereocenters. The van der Waals surface area contributed by atoms with Gasteiger partial charge in [-0.2, -0.15) is 0 Å². The van der Waals surface area contributed by atoms with Crippen molar-refractivity contribution < 1.29 is 19.4 Å². The van der Waals surface area contributed by atoms with Crippen molar-refractivity contribution in [2.45, 2.75) is 6.04 Å². The fourth-order valence-corrected chi connectivity index (χ4v) is 1.84. The minimum Gasteiger partial charge on any atom is -0.504 e. The van der Waals surface area contributed by atoms with Crippen LogP contribution in [0.5, 0.6) is 11.5 Å². The molecule has 6 nitrogen and oxygen atoms in total. The molecule has 1 amide bonds. The molecule has 0 aliphatic carbocycles. The Balaban J connectivity index is 2.05. The van der Waals surface area contributed by atoms with Crippen molar-refractivity contribution in [3.8, 4) is 11.5 Å². The van der Waals surface area contributed by atoms with Crippen LogP contribution in [-0.2, 0) is 9.53 Å². The SMILES string of the molecule is COc1ccc(NC(=O)C2COCC2N)cc1O. The highest BCUT2D eigenvalue weighted by molar-refractivity contribution is 5.93. The number of hydrogen-bond acceptors (Lipinski definition) is 5. The summed E-state index contributed by atoms with van der Waals surface area (Å²) >= 11 is 0. The molecule has 18 heavy (non-hydrogen) atoms. The minimum atomic E-state index is -0.353. The van der Waals surface area contributed by atoms with Gasteiger partial charge in [-0.15, -0.1) is 0 Å². The molecule has 0 bridgehead atoms. The summed E-state index contributed by atoms with van der Waals surface area (Å²) < 4.78 is 10.1. The smallest absolute Gasteiger partial charge is 0.231 e. The van der Waals surface area contributed by atoms with Crippen LogP contribution in [0.4, 0.5) is 5.69 Å². The summed E-state index contributed by atoms with van der Waals surface area (Å²) in [6.07, 6.45) is 0. The molecule has 1 aliphatic rings. The van der Waals surface area contributed by atoms with Crippen LogP contribution >= 0.6 is 0 Å². The molecule has 2 atom stereocenters. The van der Waals surface area contributed by atoms with Crippen LogP contribution in [0.25, 0.3) is 0 Å². The molecular formula is C12H16N2O4. The van der Waals surface area contributed by atoms with Crippen LogP contribution in [0.1, 0.15) is 0 Å². The van der Waals surface area contributed by atoms with Gasteiger partial charge in [-0.3, -0.25) is 4.79 Å². The van der Waals surface area contributed by atoms with Crippen molar-refractivity contribution >= 4 is 11.6 Å². The van der Waals surface area contributed by atoms with E-state index < -0.39 is 0 Å². The third-order valence-corrected chi connectivity index (χ3v) is 2.91. The van der Waals surface area contributed by atoms with Crippen molar-refractivity contribution in [2.75, 3.05) is 25.6 Å². The number of anilines is 1. The molecule has 0 radical (unpaired) electrons. The van der Waals surface area contributed by atoms with E-state index in [9.17, 15) is 9.90 Å². The van der Waals surface area contributed by atoms with E-state index in [0.29, 0.717) is 24.7 Å².